The fraction of sp³-hybridized carbons (Fsp3) is 0.529. The Hall–Kier alpha value is -1.33. The van der Waals surface area contributed by atoms with Crippen molar-refractivity contribution in [1.82, 2.24) is 10.3 Å². The average molecular weight is 354 g/mol. The van der Waals surface area contributed by atoms with E-state index in [-0.39, 0.29) is 12.5 Å². The number of hydrogen-bond acceptors (Lipinski definition) is 4. The summed E-state index contributed by atoms with van der Waals surface area (Å²) in [6.45, 7) is 3.22. The number of thiazole rings is 1. The van der Waals surface area contributed by atoms with Crippen molar-refractivity contribution in [3.8, 4) is 0 Å². The standard InChI is InChI=1S/C17H24ClN3OS/c1-2-3-4-5-6-7-10-19-16(22)12-20-17-21-14-9-8-13(18)11-15(14)23-17/h8-9,11H,2-7,10,12H2,1H3,(H,19,22)(H,20,21). The lowest BCUT2D eigenvalue weighted by Crippen LogP contribution is -2.30. The minimum atomic E-state index is 0.0100. The molecular weight excluding hydrogens is 330 g/mol. The maximum Gasteiger partial charge on any atom is 0.239 e. The summed E-state index contributed by atoms with van der Waals surface area (Å²) in [6, 6.07) is 5.59. The molecule has 126 valence electrons. The molecule has 0 saturated heterocycles. The van der Waals surface area contributed by atoms with Crippen LogP contribution in [0, 0.1) is 0 Å². The number of nitrogens with one attached hydrogen (secondary N) is 2. The monoisotopic (exact) mass is 353 g/mol. The molecule has 1 heterocycles. The minimum absolute atomic E-state index is 0.0100. The highest BCUT2D eigenvalue weighted by atomic mass is 35.5. The number of amides is 1. The van der Waals surface area contributed by atoms with E-state index in [1.54, 1.807) is 0 Å². The van der Waals surface area contributed by atoms with E-state index in [4.69, 9.17) is 11.6 Å². The molecule has 0 unspecified atom stereocenters. The van der Waals surface area contributed by atoms with Crippen LogP contribution in [0.4, 0.5) is 5.13 Å². The Balaban J connectivity index is 1.63. The smallest absolute Gasteiger partial charge is 0.239 e. The second kappa shape index (κ2) is 9.73. The van der Waals surface area contributed by atoms with Gasteiger partial charge in [-0.3, -0.25) is 4.79 Å². The van der Waals surface area contributed by atoms with Crippen molar-refractivity contribution in [1.29, 1.82) is 0 Å². The molecule has 1 aromatic carbocycles. The van der Waals surface area contributed by atoms with Gasteiger partial charge in [0.05, 0.1) is 16.8 Å². The van der Waals surface area contributed by atoms with Gasteiger partial charge in [-0.15, -0.1) is 0 Å². The van der Waals surface area contributed by atoms with Gasteiger partial charge in [0.25, 0.3) is 0 Å². The number of unbranched alkanes of at least 4 members (excludes halogenated alkanes) is 5. The fourth-order valence-electron chi connectivity index (χ4n) is 2.33. The lowest BCUT2D eigenvalue weighted by molar-refractivity contribution is -0.119. The molecule has 2 N–H and O–H groups in total. The quantitative estimate of drug-likeness (QED) is 0.601. The van der Waals surface area contributed by atoms with Crippen LogP contribution in [0.1, 0.15) is 45.4 Å². The molecule has 0 aliphatic heterocycles. The third-order valence-electron chi connectivity index (χ3n) is 3.60. The molecule has 23 heavy (non-hydrogen) atoms. The van der Waals surface area contributed by atoms with E-state index in [0.717, 1.165) is 28.3 Å². The molecule has 1 aromatic heterocycles. The normalized spacial score (nSPS) is 10.9. The van der Waals surface area contributed by atoms with Crippen LogP contribution in [0.3, 0.4) is 0 Å². The first kappa shape index (κ1) is 18.0. The Bertz CT molecular complexity index is 629. The number of aromatic nitrogens is 1. The molecule has 2 aromatic rings. The Morgan fingerprint density at radius 2 is 2.00 bits per heavy atom. The van der Waals surface area contributed by atoms with Crippen molar-refractivity contribution in [3.63, 3.8) is 0 Å². The number of carbonyl (C=O) groups is 1. The van der Waals surface area contributed by atoms with E-state index in [1.165, 1.54) is 43.4 Å². The highest BCUT2D eigenvalue weighted by Gasteiger charge is 2.06. The van der Waals surface area contributed by atoms with Crippen LogP contribution < -0.4 is 10.6 Å². The summed E-state index contributed by atoms with van der Waals surface area (Å²) < 4.78 is 1.02. The Labute approximate surface area is 146 Å². The van der Waals surface area contributed by atoms with E-state index in [2.05, 4.69) is 22.5 Å². The summed E-state index contributed by atoms with van der Waals surface area (Å²) in [6.07, 6.45) is 7.37. The van der Waals surface area contributed by atoms with Gasteiger partial charge >= 0.3 is 0 Å². The summed E-state index contributed by atoms with van der Waals surface area (Å²) in [4.78, 5) is 16.2. The highest BCUT2D eigenvalue weighted by Crippen LogP contribution is 2.27. The van der Waals surface area contributed by atoms with Gasteiger partial charge in [0.1, 0.15) is 0 Å². The first-order valence-electron chi connectivity index (χ1n) is 8.25. The molecule has 0 aliphatic rings. The predicted octanol–water partition coefficient (Wildman–Crippen LogP) is 4.84. The molecule has 1 amide bonds. The van der Waals surface area contributed by atoms with Gasteiger partial charge in [-0.2, -0.15) is 0 Å². The van der Waals surface area contributed by atoms with Gasteiger partial charge in [-0.05, 0) is 24.6 Å². The fourth-order valence-corrected chi connectivity index (χ4v) is 3.46. The first-order valence-corrected chi connectivity index (χ1v) is 9.45. The first-order chi connectivity index (χ1) is 11.2. The van der Waals surface area contributed by atoms with Crippen LogP contribution in [0.15, 0.2) is 18.2 Å². The lowest BCUT2D eigenvalue weighted by Gasteiger charge is -2.05. The number of nitrogens with zero attached hydrogens (tertiary/aromatic N) is 1. The molecule has 0 radical (unpaired) electrons. The molecule has 0 fully saturated rings. The highest BCUT2D eigenvalue weighted by molar-refractivity contribution is 7.22. The summed E-state index contributed by atoms with van der Waals surface area (Å²) in [5, 5.41) is 7.46. The van der Waals surface area contributed by atoms with Crippen molar-refractivity contribution in [2.45, 2.75) is 45.4 Å². The summed E-state index contributed by atoms with van der Waals surface area (Å²) >= 11 is 7.47. The molecule has 6 heteroatoms. The topological polar surface area (TPSA) is 54.0 Å². The van der Waals surface area contributed by atoms with Crippen LogP contribution >= 0.6 is 22.9 Å². The number of carbonyl (C=O) groups excluding carboxylic acids is 1. The van der Waals surface area contributed by atoms with Crippen LogP contribution in [0.5, 0.6) is 0 Å². The second-order valence-electron chi connectivity index (χ2n) is 5.60. The summed E-state index contributed by atoms with van der Waals surface area (Å²) in [7, 11) is 0. The Kier molecular flexibility index (Phi) is 7.62. The number of rotatable bonds is 10. The molecule has 0 bridgehead atoms. The maximum absolute atomic E-state index is 11.8. The number of benzene rings is 1. The molecular formula is C17H24ClN3OS. The van der Waals surface area contributed by atoms with Gasteiger partial charge in [-0.1, -0.05) is 62.0 Å². The second-order valence-corrected chi connectivity index (χ2v) is 7.07. The summed E-state index contributed by atoms with van der Waals surface area (Å²) in [5.74, 6) is 0.0100. The van der Waals surface area contributed by atoms with E-state index < -0.39 is 0 Å². The van der Waals surface area contributed by atoms with Crippen molar-refractivity contribution in [2.75, 3.05) is 18.4 Å². The SMILES string of the molecule is CCCCCCCCNC(=O)CNc1nc2ccc(Cl)cc2s1. The predicted molar refractivity (Wildman–Crippen MR) is 99.5 cm³/mol. The van der Waals surface area contributed by atoms with Crippen LogP contribution in [0.2, 0.25) is 5.02 Å². The zero-order valence-electron chi connectivity index (χ0n) is 13.5. The number of halogens is 1. The van der Waals surface area contributed by atoms with E-state index in [0.29, 0.717) is 5.02 Å². The van der Waals surface area contributed by atoms with E-state index in [1.807, 2.05) is 18.2 Å². The van der Waals surface area contributed by atoms with Crippen LogP contribution in [-0.4, -0.2) is 24.0 Å². The van der Waals surface area contributed by atoms with Crippen LogP contribution in [-0.2, 0) is 4.79 Å². The Morgan fingerprint density at radius 1 is 1.22 bits per heavy atom. The number of fused-ring (bicyclic) bond motifs is 1. The van der Waals surface area contributed by atoms with Gasteiger partial charge in [0, 0.05) is 11.6 Å². The number of anilines is 1. The Morgan fingerprint density at radius 3 is 2.83 bits per heavy atom. The average Bonchev–Trinajstić information content (AvgIpc) is 2.94. The zero-order chi connectivity index (χ0) is 16.5. The van der Waals surface area contributed by atoms with Crippen molar-refractivity contribution >= 4 is 44.2 Å². The zero-order valence-corrected chi connectivity index (χ0v) is 15.1. The van der Waals surface area contributed by atoms with Crippen molar-refractivity contribution in [3.05, 3.63) is 23.2 Å². The van der Waals surface area contributed by atoms with Crippen molar-refractivity contribution < 1.29 is 4.79 Å². The molecule has 2 rings (SSSR count). The van der Waals surface area contributed by atoms with Crippen molar-refractivity contribution in [2.24, 2.45) is 0 Å². The molecule has 0 atom stereocenters. The summed E-state index contributed by atoms with van der Waals surface area (Å²) in [5.41, 5.74) is 0.898. The number of hydrogen-bond donors (Lipinski definition) is 2. The third-order valence-corrected chi connectivity index (χ3v) is 4.81. The van der Waals surface area contributed by atoms with Gasteiger partial charge in [-0.25, -0.2) is 4.98 Å². The van der Waals surface area contributed by atoms with Gasteiger partial charge < -0.3 is 10.6 Å². The van der Waals surface area contributed by atoms with E-state index in [9.17, 15) is 4.79 Å². The molecule has 0 spiro atoms. The van der Waals surface area contributed by atoms with Gasteiger partial charge in [0.15, 0.2) is 5.13 Å². The molecule has 0 saturated carbocycles. The molecule has 0 aliphatic carbocycles. The minimum Gasteiger partial charge on any atom is -0.355 e. The van der Waals surface area contributed by atoms with E-state index >= 15 is 0 Å². The lowest BCUT2D eigenvalue weighted by atomic mass is 10.1. The van der Waals surface area contributed by atoms with Crippen LogP contribution in [0.25, 0.3) is 10.2 Å². The largest absolute Gasteiger partial charge is 0.355 e. The maximum atomic E-state index is 11.8. The molecule has 4 nitrogen and oxygen atoms in total. The third kappa shape index (κ3) is 6.36. The van der Waals surface area contributed by atoms with Gasteiger partial charge in [0.2, 0.25) is 5.91 Å².